The van der Waals surface area contributed by atoms with E-state index in [4.69, 9.17) is 19.5 Å². The van der Waals surface area contributed by atoms with Gasteiger partial charge in [-0.05, 0) is 12.5 Å². The molecule has 1 saturated heterocycles. The Labute approximate surface area is 95.0 Å². The van der Waals surface area contributed by atoms with Crippen LogP contribution < -0.4 is 10.2 Å². The third-order valence-electron chi connectivity index (χ3n) is 2.70. The minimum Gasteiger partial charge on any atom is -0.494 e. The smallest absolute Gasteiger partial charge is 0.492 e. The van der Waals surface area contributed by atoms with Crippen molar-refractivity contribution in [1.29, 1.82) is 0 Å². The van der Waals surface area contributed by atoms with Crippen LogP contribution in [0.25, 0.3) is 0 Å². The number of para-hydroxylation sites is 1. The van der Waals surface area contributed by atoms with Crippen LogP contribution in [-0.2, 0) is 4.74 Å². The first-order chi connectivity index (χ1) is 7.77. The van der Waals surface area contributed by atoms with Crippen molar-refractivity contribution in [2.45, 2.75) is 6.42 Å². The second kappa shape index (κ2) is 5.34. The molecule has 0 saturated carbocycles. The molecule has 1 aliphatic rings. The normalized spacial score (nSPS) is 19.8. The summed E-state index contributed by atoms with van der Waals surface area (Å²) in [5, 5.41) is 18.3. The van der Waals surface area contributed by atoms with Crippen molar-refractivity contribution in [3.63, 3.8) is 0 Å². The average Bonchev–Trinajstić information content (AvgIpc) is 2.79. The maximum atomic E-state index is 9.15. The van der Waals surface area contributed by atoms with E-state index in [0.29, 0.717) is 23.7 Å². The zero-order valence-corrected chi connectivity index (χ0v) is 9.00. The minimum atomic E-state index is -1.49. The van der Waals surface area contributed by atoms with Gasteiger partial charge in [-0.3, -0.25) is 0 Å². The van der Waals surface area contributed by atoms with Crippen LogP contribution in [0.3, 0.4) is 0 Å². The Hall–Kier alpha value is -1.04. The highest BCUT2D eigenvalue weighted by Crippen LogP contribution is 2.15. The van der Waals surface area contributed by atoms with E-state index in [0.717, 1.165) is 19.6 Å². The van der Waals surface area contributed by atoms with E-state index in [2.05, 4.69) is 0 Å². The zero-order valence-electron chi connectivity index (χ0n) is 9.00. The van der Waals surface area contributed by atoms with Crippen LogP contribution in [0.1, 0.15) is 6.42 Å². The predicted octanol–water partition coefficient (Wildman–Crippen LogP) is -0.218. The Morgan fingerprint density at radius 1 is 1.38 bits per heavy atom. The SMILES string of the molecule is OB(O)c1ccccc1OC[C@H]1CCOC1. The van der Waals surface area contributed by atoms with Gasteiger partial charge < -0.3 is 19.5 Å². The third-order valence-corrected chi connectivity index (χ3v) is 2.70. The van der Waals surface area contributed by atoms with Gasteiger partial charge in [-0.2, -0.15) is 0 Å². The Balaban J connectivity index is 1.97. The fourth-order valence-electron chi connectivity index (χ4n) is 1.75. The highest BCUT2D eigenvalue weighted by Gasteiger charge is 2.19. The molecule has 1 atom stereocenters. The Morgan fingerprint density at radius 3 is 2.88 bits per heavy atom. The molecule has 16 heavy (non-hydrogen) atoms. The zero-order chi connectivity index (χ0) is 11.4. The maximum Gasteiger partial charge on any atom is 0.492 e. The van der Waals surface area contributed by atoms with Gasteiger partial charge in [-0.1, -0.05) is 18.2 Å². The largest absolute Gasteiger partial charge is 0.494 e. The molecule has 0 radical (unpaired) electrons. The number of rotatable bonds is 4. The van der Waals surface area contributed by atoms with Gasteiger partial charge in [-0.15, -0.1) is 0 Å². The minimum absolute atomic E-state index is 0.404. The van der Waals surface area contributed by atoms with Crippen molar-refractivity contribution in [1.82, 2.24) is 0 Å². The van der Waals surface area contributed by atoms with Crippen molar-refractivity contribution in [3.05, 3.63) is 24.3 Å². The molecule has 0 spiro atoms. The molecule has 1 aromatic rings. The molecule has 0 unspecified atom stereocenters. The highest BCUT2D eigenvalue weighted by molar-refractivity contribution is 6.59. The van der Waals surface area contributed by atoms with Gasteiger partial charge in [0.05, 0.1) is 13.2 Å². The monoisotopic (exact) mass is 222 g/mol. The lowest BCUT2D eigenvalue weighted by Gasteiger charge is -2.13. The van der Waals surface area contributed by atoms with Gasteiger partial charge >= 0.3 is 7.12 Å². The number of hydrogen-bond donors (Lipinski definition) is 2. The molecule has 1 aliphatic heterocycles. The van der Waals surface area contributed by atoms with Crippen molar-refractivity contribution in [3.8, 4) is 5.75 Å². The van der Waals surface area contributed by atoms with E-state index >= 15 is 0 Å². The van der Waals surface area contributed by atoms with Crippen LogP contribution in [0.15, 0.2) is 24.3 Å². The van der Waals surface area contributed by atoms with Crippen LogP contribution in [0.2, 0.25) is 0 Å². The van der Waals surface area contributed by atoms with E-state index in [9.17, 15) is 0 Å². The van der Waals surface area contributed by atoms with Crippen molar-refractivity contribution in [2.24, 2.45) is 5.92 Å². The van der Waals surface area contributed by atoms with Crippen molar-refractivity contribution in [2.75, 3.05) is 19.8 Å². The van der Waals surface area contributed by atoms with E-state index < -0.39 is 7.12 Å². The summed E-state index contributed by atoms with van der Waals surface area (Å²) in [6, 6.07) is 6.95. The van der Waals surface area contributed by atoms with Crippen molar-refractivity contribution < 1.29 is 19.5 Å². The number of benzene rings is 1. The average molecular weight is 222 g/mol. The summed E-state index contributed by atoms with van der Waals surface area (Å²) in [6.07, 6.45) is 1.00. The molecule has 1 fully saturated rings. The lowest BCUT2D eigenvalue weighted by Crippen LogP contribution is -2.31. The molecule has 0 bridgehead atoms. The molecule has 1 heterocycles. The van der Waals surface area contributed by atoms with E-state index in [-0.39, 0.29) is 0 Å². The van der Waals surface area contributed by atoms with Crippen molar-refractivity contribution >= 4 is 12.6 Å². The summed E-state index contributed by atoms with van der Waals surface area (Å²) in [5.41, 5.74) is 0.404. The van der Waals surface area contributed by atoms with E-state index in [1.54, 1.807) is 18.2 Å². The summed E-state index contributed by atoms with van der Waals surface area (Å²) < 4.78 is 10.8. The van der Waals surface area contributed by atoms with E-state index in [1.165, 1.54) is 0 Å². The number of ether oxygens (including phenoxy) is 2. The van der Waals surface area contributed by atoms with Gasteiger partial charge in [0.15, 0.2) is 0 Å². The summed E-state index contributed by atoms with van der Waals surface area (Å²) in [4.78, 5) is 0. The quantitative estimate of drug-likeness (QED) is 0.691. The first kappa shape index (κ1) is 11.5. The van der Waals surface area contributed by atoms with Gasteiger partial charge in [0.2, 0.25) is 0 Å². The van der Waals surface area contributed by atoms with Gasteiger partial charge in [-0.25, -0.2) is 0 Å². The summed E-state index contributed by atoms with van der Waals surface area (Å²) in [6.45, 7) is 2.08. The maximum absolute atomic E-state index is 9.15. The molecule has 0 aliphatic carbocycles. The molecule has 0 amide bonds. The molecule has 5 heteroatoms. The van der Waals surface area contributed by atoms with E-state index in [1.807, 2.05) is 6.07 Å². The van der Waals surface area contributed by atoms with Gasteiger partial charge in [0, 0.05) is 18.0 Å². The van der Waals surface area contributed by atoms with Crippen LogP contribution >= 0.6 is 0 Å². The molecular weight excluding hydrogens is 207 g/mol. The predicted molar refractivity (Wildman–Crippen MR) is 60.7 cm³/mol. The molecular formula is C11H15BO4. The second-order valence-corrected chi connectivity index (χ2v) is 3.95. The topological polar surface area (TPSA) is 58.9 Å². The lowest BCUT2D eigenvalue weighted by atomic mass is 9.79. The molecule has 2 rings (SSSR count). The fourth-order valence-corrected chi connectivity index (χ4v) is 1.75. The lowest BCUT2D eigenvalue weighted by molar-refractivity contribution is 0.167. The molecule has 4 nitrogen and oxygen atoms in total. The van der Waals surface area contributed by atoms with Crippen LogP contribution in [0.4, 0.5) is 0 Å². The van der Waals surface area contributed by atoms with Crippen LogP contribution in [-0.4, -0.2) is 37.0 Å². The second-order valence-electron chi connectivity index (χ2n) is 3.95. The molecule has 2 N–H and O–H groups in total. The first-order valence-electron chi connectivity index (χ1n) is 5.43. The standard InChI is InChI=1S/C11H15BO4/c13-12(14)10-3-1-2-4-11(10)16-8-9-5-6-15-7-9/h1-4,9,13-14H,5-8H2/t9-/m0/s1. The highest BCUT2D eigenvalue weighted by atomic mass is 16.5. The van der Waals surface area contributed by atoms with Crippen LogP contribution in [0, 0.1) is 5.92 Å². The fraction of sp³-hybridized carbons (Fsp3) is 0.455. The van der Waals surface area contributed by atoms with Crippen LogP contribution in [0.5, 0.6) is 5.75 Å². The summed E-state index contributed by atoms with van der Waals surface area (Å²) >= 11 is 0. The van der Waals surface area contributed by atoms with Gasteiger partial charge in [0.25, 0.3) is 0 Å². The van der Waals surface area contributed by atoms with Gasteiger partial charge in [0.1, 0.15) is 5.75 Å². The summed E-state index contributed by atoms with van der Waals surface area (Å²) in [7, 11) is -1.49. The summed E-state index contributed by atoms with van der Waals surface area (Å²) in [5.74, 6) is 0.938. The Bertz CT molecular complexity index is 337. The number of hydrogen-bond acceptors (Lipinski definition) is 4. The first-order valence-corrected chi connectivity index (χ1v) is 5.43. The molecule has 86 valence electrons. The molecule has 1 aromatic carbocycles. The molecule has 0 aromatic heterocycles. The Kier molecular flexibility index (Phi) is 3.82. The Morgan fingerprint density at radius 2 is 2.19 bits per heavy atom. The third kappa shape index (κ3) is 2.75.